The van der Waals surface area contributed by atoms with E-state index in [-0.39, 0.29) is 95.2 Å². The van der Waals surface area contributed by atoms with E-state index in [2.05, 4.69) is 215 Å². The van der Waals surface area contributed by atoms with Crippen LogP contribution in [0.5, 0.6) is 23.0 Å². The number of phenols is 1. The zero-order chi connectivity index (χ0) is 107. The van der Waals surface area contributed by atoms with E-state index in [1.54, 1.807) is 112 Å². The monoisotopic (exact) mass is 2450 g/mol. The van der Waals surface area contributed by atoms with E-state index >= 15 is 0 Å². The topological polar surface area (TPSA) is 298 Å². The molecule has 0 saturated heterocycles. The molecule has 143 heavy (non-hydrogen) atoms. The molecule has 0 radical (unpaired) electrons. The molecule has 5 aromatic carbocycles. The number of Topliss-reactive ketones (excluding diaryl/α,β-unsaturated/α-hetero) is 4. The Labute approximate surface area is 948 Å². The molecule has 0 aliphatic carbocycles. The quantitative estimate of drug-likeness (QED) is 0.00655. The fourth-order valence-corrected chi connectivity index (χ4v) is 20.8. The normalized spacial score (nSPS) is 10.8. The third-order valence-electron chi connectivity index (χ3n) is 20.3. The van der Waals surface area contributed by atoms with E-state index in [0.29, 0.717) is 36.9 Å². The number of rotatable bonds is 33. The van der Waals surface area contributed by atoms with Crippen LogP contribution < -0.4 is 54.6 Å². The van der Waals surface area contributed by atoms with E-state index in [9.17, 15) is 44.4 Å². The van der Waals surface area contributed by atoms with Crippen molar-refractivity contribution in [2.45, 2.75) is 210 Å². The van der Waals surface area contributed by atoms with Gasteiger partial charge in [0.25, 0.3) is 0 Å². The second kappa shape index (κ2) is 80.1. The average Bonchev–Trinajstić information content (AvgIpc) is 1.61. The van der Waals surface area contributed by atoms with Crippen LogP contribution in [0.2, 0.25) is 0 Å². The minimum absolute atomic E-state index is 0. The number of ketones is 4. The van der Waals surface area contributed by atoms with Crippen LogP contribution in [0, 0.1) is 73.0 Å². The van der Waals surface area contributed by atoms with Crippen LogP contribution in [0.1, 0.15) is 205 Å². The average molecular weight is 2450 g/mol. The molecule has 1 amide bonds. The van der Waals surface area contributed by atoms with Gasteiger partial charge < -0.3 is 30.9 Å². The number of nitriles is 4. The van der Waals surface area contributed by atoms with Gasteiger partial charge in [-0.25, -0.2) is 10.5 Å². The number of aryl methyl sites for hydroxylation is 8. The molecule has 0 saturated carbocycles. The number of hydrogen-bond acceptors (Lipinski definition) is 28. The summed E-state index contributed by atoms with van der Waals surface area (Å²) < 4.78 is 24.1. The van der Waals surface area contributed by atoms with Gasteiger partial charge in [-0.05, 0) is 331 Å². The van der Waals surface area contributed by atoms with Gasteiger partial charge in [-0.3, -0.25) is 43.4 Å². The minimum atomic E-state index is -0.555. The summed E-state index contributed by atoms with van der Waals surface area (Å²) in [5.41, 5.74) is 15.6. The van der Waals surface area contributed by atoms with Crippen molar-refractivity contribution < 1.29 is 88.7 Å². The number of alkyl halides is 2. The van der Waals surface area contributed by atoms with Crippen molar-refractivity contribution in [2.75, 3.05) is 80.3 Å². The molecule has 8 aromatic heterocycles. The Hall–Kier alpha value is -6.99. The van der Waals surface area contributed by atoms with Crippen LogP contribution >= 0.6 is 178 Å². The minimum Gasteiger partial charge on any atom is -1.00 e. The molecular formula is C107H136Br5ClN9NaO12S8. The number of aromatic hydroxyl groups is 1. The number of anilines is 1. The summed E-state index contributed by atoms with van der Waals surface area (Å²) in [6.45, 7) is 28.6. The SMILES string of the molecule is BrBr.Brc1ccsc1.CCC(Br)C(=O)c1ccsc1.CCC(C(=O)CC(C)=O)c1ccsc1.CCCC(=O)Cl.CCCC(=O)N(C)OC.CCCC(=O)c1ccsc1.CCc1c(O)cc(C)c2sccc12.CCc1c(OC(C#N)C(N(C)C)N(C)C)cc(C)c2sccc12.CCc1c(OC(C#N)CNc2ccccc2)cc(C)c2sccc12.CCc1c(OCC#N)cc(C)c2sccc12.CNOC.N#CCBr.[H-].[Na+]. The molecule has 21 nitrogen and oxygen atoms in total. The fraction of sp³-hybridized carbons (Fsp3) is 0.402. The predicted octanol–water partition coefficient (Wildman–Crippen LogP) is 28.8. The Morgan fingerprint density at radius 2 is 0.979 bits per heavy atom. The first-order valence-corrected chi connectivity index (χ1v) is 60.0. The maximum atomic E-state index is 11.7. The second-order valence-electron chi connectivity index (χ2n) is 31.1. The molecule has 772 valence electrons. The van der Waals surface area contributed by atoms with Crippen LogP contribution in [0.3, 0.4) is 0 Å². The number of carbonyl (C=O) groups is 6. The first-order valence-electron chi connectivity index (χ1n) is 45.8. The molecule has 0 aliphatic rings. The fourth-order valence-electron chi connectivity index (χ4n) is 13.6. The Balaban J connectivity index is 0. The van der Waals surface area contributed by atoms with Crippen molar-refractivity contribution in [3.8, 4) is 47.3 Å². The molecule has 4 unspecified atom stereocenters. The first kappa shape index (κ1) is 136. The number of fused-ring (bicyclic) bond motifs is 4. The van der Waals surface area contributed by atoms with Gasteiger partial charge in [-0.15, -0.1) is 45.3 Å². The van der Waals surface area contributed by atoms with Gasteiger partial charge in [0.1, 0.15) is 58.9 Å². The Bertz CT molecular complexity index is 5940. The summed E-state index contributed by atoms with van der Waals surface area (Å²) in [4.78, 5) is 78.5. The number of halogens is 6. The summed E-state index contributed by atoms with van der Waals surface area (Å²) in [5.74, 6) is 3.32. The number of likely N-dealkylation sites (N-methyl/N-ethyl adjacent to an activating group) is 2. The number of carbonyl (C=O) groups excluding carboxylic acids is 6. The number of benzene rings is 5. The van der Waals surface area contributed by atoms with Crippen molar-refractivity contribution in [1.29, 1.82) is 21.0 Å². The zero-order valence-corrected chi connectivity index (χ0v) is 103. The van der Waals surface area contributed by atoms with Crippen molar-refractivity contribution in [1.82, 2.24) is 20.3 Å². The van der Waals surface area contributed by atoms with Crippen LogP contribution in [0.25, 0.3) is 40.3 Å². The van der Waals surface area contributed by atoms with Gasteiger partial charge in [0.2, 0.25) is 23.4 Å². The smallest absolute Gasteiger partial charge is 1.00 e. The van der Waals surface area contributed by atoms with Gasteiger partial charge in [0.15, 0.2) is 18.2 Å². The molecule has 0 spiro atoms. The number of hydrogen-bond donors (Lipinski definition) is 3. The van der Waals surface area contributed by atoms with Crippen molar-refractivity contribution in [3.63, 3.8) is 0 Å². The summed E-state index contributed by atoms with van der Waals surface area (Å²) >= 11 is 33.3. The van der Waals surface area contributed by atoms with Gasteiger partial charge in [-0.1, -0.05) is 112 Å². The Kier molecular flexibility index (Phi) is 76.2. The molecule has 0 aliphatic heterocycles. The third kappa shape index (κ3) is 49.8. The summed E-state index contributed by atoms with van der Waals surface area (Å²) in [5, 5.41) is 78.7. The van der Waals surface area contributed by atoms with E-state index in [4.69, 9.17) is 36.3 Å². The van der Waals surface area contributed by atoms with E-state index in [1.807, 2.05) is 201 Å². The Morgan fingerprint density at radius 3 is 1.33 bits per heavy atom. The molecule has 4 atom stereocenters. The van der Waals surface area contributed by atoms with Crippen LogP contribution in [-0.2, 0) is 54.5 Å². The number of amides is 1. The molecule has 13 aromatic rings. The Morgan fingerprint density at radius 1 is 0.545 bits per heavy atom. The first-order chi connectivity index (χ1) is 68.1. The number of nitrogens with one attached hydrogen (secondary N) is 2. The van der Waals surface area contributed by atoms with Gasteiger partial charge in [-0.2, -0.15) is 66.4 Å². The molecule has 8 heterocycles. The number of ether oxygens (including phenoxy) is 3. The predicted molar refractivity (Wildman–Crippen MR) is 622 cm³/mol. The number of nitrogens with zero attached hydrogens (tertiary/aromatic N) is 7. The molecular weight excluding hydrogens is 2320 g/mol. The van der Waals surface area contributed by atoms with Crippen LogP contribution in [-0.4, -0.2) is 152 Å². The summed E-state index contributed by atoms with van der Waals surface area (Å²) in [6.07, 6.45) is 8.45. The maximum Gasteiger partial charge on any atom is 1.00 e. The van der Waals surface area contributed by atoms with E-state index in [0.717, 1.165) is 103 Å². The van der Waals surface area contributed by atoms with Crippen LogP contribution in [0.15, 0.2) is 172 Å². The van der Waals surface area contributed by atoms with Crippen molar-refractivity contribution in [2.24, 2.45) is 0 Å². The number of para-hydroxylation sites is 1. The second-order valence-corrected chi connectivity index (χ2v) is 40.9. The third-order valence-corrected chi connectivity index (χ3v) is 29.6. The molecule has 0 fully saturated rings. The van der Waals surface area contributed by atoms with Gasteiger partial charge in [0.05, 0.1) is 43.4 Å². The molecule has 3 N–H and O–H groups in total. The largest absolute Gasteiger partial charge is 1.00 e. The molecule has 13 rings (SSSR count). The van der Waals surface area contributed by atoms with Crippen LogP contribution in [0.4, 0.5) is 5.69 Å². The number of phenolic OH excluding ortho intramolecular Hbond substituents is 1. The molecule has 0 bridgehead atoms. The summed E-state index contributed by atoms with van der Waals surface area (Å²) in [7, 11) is 14.2. The standard InChI is InChI=1S/C20H20N2OS.C18H25N3OS.C13H13NOS.C11H14O2S.C11H12OS.C8H9BrOS.C8H10OS.C6H13NO2.C4H3BrS.C4H7ClO.C2H2BrN.C2H7NO.Br2.Na.H/c1-3-17-18-9-10-24-20(18)14(2)11-19(17)23-16(12-21)13-22-15-7-5-4-6-8-15;1-7-13-14-8-9-23-17(14)12(2)10-15(13)22-16(11-19)18(20(3)4)21(5)6;1-3-10-11-4-7-16-13(11)9(2)8-12(10)15-6-5-14;1-3-10(9-4-5-14-7-9)11(13)6-8(2)12;1-3-8-9-4-5-13-11(9)7(2)6-10(8)12;1-2-7(9)8(10)6-3-4-11-5-6;1-2-3-8(9)7-4-5-10-6-7;1-4-5-6(8)7(2)9-3;5-4-1-2-6-3-4;1-2-3-4(5)6;3-1-2-4;1-3-4-2;1-2;;/h4-11,16,22H,3,13H2,1-2H3;8-10,16,18H,7H2,1-6H3;4,7-8H,3,6H2,1-2H3;4-5,7,10H,3,6H2,1-2H3;4-6,12H,3H2,1-2H3;3-5,7H,2H2,1H3;4-6H,2-3H2,1H3;4-5H2,1-3H3;1-3H;2-3H2,1H3;1H2;3H,1-2H3;;;/q;;;;;;;;;;;;;+1;-1. The number of thiophene rings is 8. The maximum absolute atomic E-state index is 11.7. The number of hydroxylamine groups is 3. The van der Waals surface area contributed by atoms with Gasteiger partial charge >= 0.3 is 29.6 Å². The van der Waals surface area contributed by atoms with E-state index in [1.165, 1.54) is 103 Å². The molecule has 36 heteroatoms. The zero-order valence-electron chi connectivity index (χ0n) is 87.0. The summed E-state index contributed by atoms with van der Waals surface area (Å²) in [6, 6.07) is 42.5. The van der Waals surface area contributed by atoms with Crippen molar-refractivity contribution >= 4 is 259 Å². The van der Waals surface area contributed by atoms with Gasteiger partial charge in [0, 0.05) is 146 Å². The van der Waals surface area contributed by atoms with Crippen molar-refractivity contribution in [3.05, 3.63) is 233 Å². The van der Waals surface area contributed by atoms with E-state index < -0.39 is 12.2 Å².